The Morgan fingerprint density at radius 3 is 2.67 bits per heavy atom. The summed E-state index contributed by atoms with van der Waals surface area (Å²) in [6.07, 6.45) is 2.78. The maximum absolute atomic E-state index is 12.1. The van der Waals surface area contributed by atoms with Crippen LogP contribution in [0.25, 0.3) is 0 Å². The van der Waals surface area contributed by atoms with Crippen molar-refractivity contribution in [2.24, 2.45) is 0 Å². The van der Waals surface area contributed by atoms with Gasteiger partial charge in [0, 0.05) is 7.05 Å². The van der Waals surface area contributed by atoms with Crippen LogP contribution in [-0.2, 0) is 0 Å². The molecule has 1 heterocycles. The van der Waals surface area contributed by atoms with Crippen molar-refractivity contribution in [2.75, 3.05) is 20.2 Å². The second kappa shape index (κ2) is 7.04. The fourth-order valence-corrected chi connectivity index (χ4v) is 1.82. The third-order valence-electron chi connectivity index (χ3n) is 2.89. The largest absolute Gasteiger partial charge is 0.492 e. The number of halogens is 1. The van der Waals surface area contributed by atoms with Crippen LogP contribution in [0.3, 0.4) is 0 Å². The van der Waals surface area contributed by atoms with Crippen molar-refractivity contribution in [3.05, 3.63) is 53.1 Å². The number of benzene rings is 1. The van der Waals surface area contributed by atoms with E-state index in [1.54, 1.807) is 7.05 Å². The van der Waals surface area contributed by atoms with Gasteiger partial charge in [-0.3, -0.25) is 9.78 Å². The summed E-state index contributed by atoms with van der Waals surface area (Å²) in [6.45, 7) is 2.86. The lowest BCUT2D eigenvalue weighted by Crippen LogP contribution is -2.31. The zero-order valence-corrected chi connectivity index (χ0v) is 12.7. The number of rotatable bonds is 5. The van der Waals surface area contributed by atoms with Crippen molar-refractivity contribution < 1.29 is 9.53 Å². The number of nitrogens with zero attached hydrogens (tertiary/aromatic N) is 3. The molecule has 1 aromatic heterocycles. The molecular weight excluding hydrogens is 290 g/mol. The quantitative estimate of drug-likeness (QED) is 0.852. The molecular formula is C15H16ClN3O2. The van der Waals surface area contributed by atoms with Crippen molar-refractivity contribution in [3.8, 4) is 5.75 Å². The minimum absolute atomic E-state index is 0.199. The van der Waals surface area contributed by atoms with Crippen molar-refractivity contribution in [1.82, 2.24) is 14.9 Å². The lowest BCUT2D eigenvalue weighted by molar-refractivity contribution is 0.0767. The van der Waals surface area contributed by atoms with E-state index in [4.69, 9.17) is 16.3 Å². The van der Waals surface area contributed by atoms with Gasteiger partial charge in [0.2, 0.25) is 0 Å². The van der Waals surface area contributed by atoms with E-state index in [-0.39, 0.29) is 16.8 Å². The first kappa shape index (κ1) is 15.3. The number of aryl methyl sites for hydroxylation is 1. The number of hydrogen-bond acceptors (Lipinski definition) is 4. The van der Waals surface area contributed by atoms with Crippen LogP contribution < -0.4 is 4.74 Å². The third-order valence-corrected chi connectivity index (χ3v) is 3.07. The lowest BCUT2D eigenvalue weighted by atomic mass is 10.2. The van der Waals surface area contributed by atoms with Gasteiger partial charge < -0.3 is 9.64 Å². The van der Waals surface area contributed by atoms with Gasteiger partial charge in [-0.1, -0.05) is 29.3 Å². The predicted molar refractivity (Wildman–Crippen MR) is 80.7 cm³/mol. The van der Waals surface area contributed by atoms with Gasteiger partial charge in [0.1, 0.15) is 23.2 Å². The fourth-order valence-electron chi connectivity index (χ4n) is 1.68. The van der Waals surface area contributed by atoms with Gasteiger partial charge in [0.05, 0.1) is 18.9 Å². The summed E-state index contributed by atoms with van der Waals surface area (Å²) in [5, 5.41) is 0.199. The fraction of sp³-hybridized carbons (Fsp3) is 0.267. The first-order valence-corrected chi connectivity index (χ1v) is 6.86. The maximum atomic E-state index is 12.1. The van der Waals surface area contributed by atoms with Crippen LogP contribution in [0, 0.1) is 6.92 Å². The van der Waals surface area contributed by atoms with Crippen LogP contribution in [0.15, 0.2) is 36.7 Å². The van der Waals surface area contributed by atoms with Gasteiger partial charge in [-0.2, -0.15) is 0 Å². The van der Waals surface area contributed by atoms with E-state index >= 15 is 0 Å². The molecule has 0 saturated heterocycles. The molecule has 0 bridgehead atoms. The Morgan fingerprint density at radius 1 is 1.29 bits per heavy atom. The average molecular weight is 306 g/mol. The highest BCUT2D eigenvalue weighted by atomic mass is 35.5. The molecule has 0 atom stereocenters. The summed E-state index contributed by atoms with van der Waals surface area (Å²) in [5.41, 5.74) is 1.40. The summed E-state index contributed by atoms with van der Waals surface area (Å²) in [7, 11) is 1.68. The molecule has 0 spiro atoms. The molecule has 0 radical (unpaired) electrons. The van der Waals surface area contributed by atoms with E-state index in [0.717, 1.165) is 5.75 Å². The van der Waals surface area contributed by atoms with Gasteiger partial charge in [0.25, 0.3) is 5.91 Å². The Kier molecular flexibility index (Phi) is 5.11. The highest BCUT2D eigenvalue weighted by molar-refractivity contribution is 6.29. The molecule has 1 aromatic carbocycles. The smallest absolute Gasteiger partial charge is 0.273 e. The zero-order chi connectivity index (χ0) is 15.2. The second-order valence-electron chi connectivity index (χ2n) is 4.62. The lowest BCUT2D eigenvalue weighted by Gasteiger charge is -2.17. The Labute approximate surface area is 128 Å². The summed E-state index contributed by atoms with van der Waals surface area (Å²) >= 11 is 5.72. The van der Waals surface area contributed by atoms with Gasteiger partial charge in [0.15, 0.2) is 0 Å². The zero-order valence-electron chi connectivity index (χ0n) is 11.9. The van der Waals surface area contributed by atoms with Crippen LogP contribution in [0.1, 0.15) is 16.1 Å². The van der Waals surface area contributed by atoms with Crippen LogP contribution in [-0.4, -0.2) is 41.0 Å². The van der Waals surface area contributed by atoms with Gasteiger partial charge in [-0.25, -0.2) is 4.98 Å². The Morgan fingerprint density at radius 2 is 2.00 bits per heavy atom. The Hall–Kier alpha value is -2.14. The second-order valence-corrected chi connectivity index (χ2v) is 5.00. The molecule has 0 aliphatic rings. The van der Waals surface area contributed by atoms with Crippen molar-refractivity contribution in [2.45, 2.75) is 6.92 Å². The summed E-state index contributed by atoms with van der Waals surface area (Å²) in [6, 6.07) is 7.76. The molecule has 0 aliphatic heterocycles. The Balaban J connectivity index is 1.85. The van der Waals surface area contributed by atoms with E-state index in [9.17, 15) is 4.79 Å². The minimum atomic E-state index is -0.238. The van der Waals surface area contributed by atoms with Crippen LogP contribution in [0.4, 0.5) is 0 Å². The Bertz CT molecular complexity index is 617. The maximum Gasteiger partial charge on any atom is 0.273 e. The van der Waals surface area contributed by atoms with E-state index in [1.807, 2.05) is 31.2 Å². The predicted octanol–water partition coefficient (Wildman–Crippen LogP) is 2.59. The van der Waals surface area contributed by atoms with Crippen LogP contribution in [0.2, 0.25) is 5.15 Å². The topological polar surface area (TPSA) is 55.3 Å². The molecule has 0 aliphatic carbocycles. The highest BCUT2D eigenvalue weighted by Gasteiger charge is 2.13. The van der Waals surface area contributed by atoms with E-state index in [2.05, 4.69) is 9.97 Å². The van der Waals surface area contributed by atoms with E-state index in [1.165, 1.54) is 22.9 Å². The number of carbonyl (C=O) groups excluding carboxylic acids is 1. The minimum Gasteiger partial charge on any atom is -0.492 e. The number of carbonyl (C=O) groups is 1. The monoisotopic (exact) mass is 305 g/mol. The molecule has 6 heteroatoms. The molecule has 0 fully saturated rings. The van der Waals surface area contributed by atoms with Gasteiger partial charge in [-0.05, 0) is 19.1 Å². The normalized spacial score (nSPS) is 10.2. The van der Waals surface area contributed by atoms with E-state index < -0.39 is 0 Å². The molecule has 5 nitrogen and oxygen atoms in total. The summed E-state index contributed by atoms with van der Waals surface area (Å²) in [4.78, 5) is 21.4. The molecule has 21 heavy (non-hydrogen) atoms. The molecule has 0 unspecified atom stereocenters. The van der Waals surface area contributed by atoms with Crippen molar-refractivity contribution in [3.63, 3.8) is 0 Å². The number of ether oxygens (including phenoxy) is 1. The number of hydrogen-bond donors (Lipinski definition) is 0. The summed E-state index contributed by atoms with van der Waals surface area (Å²) < 4.78 is 5.59. The molecule has 110 valence electrons. The third kappa shape index (κ3) is 4.43. The highest BCUT2D eigenvalue weighted by Crippen LogP contribution is 2.11. The average Bonchev–Trinajstić information content (AvgIpc) is 2.48. The SMILES string of the molecule is Cc1ccc(OCCN(C)C(=O)c2cncc(Cl)n2)cc1. The van der Waals surface area contributed by atoms with Gasteiger partial charge >= 0.3 is 0 Å². The molecule has 2 aromatic rings. The first-order chi connectivity index (χ1) is 10.1. The van der Waals surface area contributed by atoms with E-state index in [0.29, 0.717) is 13.2 Å². The number of amides is 1. The summed E-state index contributed by atoms with van der Waals surface area (Å²) in [5.74, 6) is 0.543. The van der Waals surface area contributed by atoms with Crippen LogP contribution in [0.5, 0.6) is 5.75 Å². The standard InChI is InChI=1S/C15H16ClN3O2/c1-11-3-5-12(6-4-11)21-8-7-19(2)15(20)13-9-17-10-14(16)18-13/h3-6,9-10H,7-8H2,1-2H3. The number of likely N-dealkylation sites (N-methyl/N-ethyl adjacent to an activating group) is 1. The van der Waals surface area contributed by atoms with Crippen LogP contribution >= 0.6 is 11.6 Å². The van der Waals surface area contributed by atoms with Crippen molar-refractivity contribution in [1.29, 1.82) is 0 Å². The molecule has 2 rings (SSSR count). The molecule has 1 amide bonds. The van der Waals surface area contributed by atoms with Crippen molar-refractivity contribution >= 4 is 17.5 Å². The molecule has 0 N–H and O–H groups in total. The first-order valence-electron chi connectivity index (χ1n) is 6.49. The molecule has 0 saturated carbocycles. The van der Waals surface area contributed by atoms with Gasteiger partial charge in [-0.15, -0.1) is 0 Å². The number of aromatic nitrogens is 2.